The highest BCUT2D eigenvalue weighted by molar-refractivity contribution is 6.30. The van der Waals surface area contributed by atoms with Gasteiger partial charge in [-0.2, -0.15) is 0 Å². The normalized spacial score (nSPS) is 13.9. The van der Waals surface area contributed by atoms with Crippen LogP contribution < -0.4 is 15.5 Å². The third kappa shape index (κ3) is 6.41. The summed E-state index contributed by atoms with van der Waals surface area (Å²) in [4.78, 5) is 28.1. The van der Waals surface area contributed by atoms with Crippen molar-refractivity contribution in [3.63, 3.8) is 0 Å². The zero-order valence-corrected chi connectivity index (χ0v) is 17.4. The molecule has 2 aromatic rings. The predicted octanol–water partition coefficient (Wildman–Crippen LogP) is 2.82. The predicted molar refractivity (Wildman–Crippen MR) is 116 cm³/mol. The molecule has 2 aromatic carbocycles. The molecule has 1 aliphatic heterocycles. The van der Waals surface area contributed by atoms with Gasteiger partial charge in [0, 0.05) is 29.5 Å². The first-order valence-corrected chi connectivity index (χ1v) is 9.94. The van der Waals surface area contributed by atoms with Crippen LogP contribution in [0.15, 0.2) is 42.5 Å². The van der Waals surface area contributed by atoms with Crippen LogP contribution in [-0.2, 0) is 14.3 Å². The number of carbonyl (C=O) groups excluding carboxylic acids is 2. The molecular formula is C21H24ClFN4O3. The Balaban J connectivity index is 1.45. The Hall–Kier alpha value is -2.68. The van der Waals surface area contributed by atoms with E-state index >= 15 is 0 Å². The number of morpholine rings is 1. The fourth-order valence-electron chi connectivity index (χ4n) is 3.10. The number of amides is 2. The molecule has 0 saturated carbocycles. The molecule has 1 heterocycles. The smallest absolute Gasteiger partial charge is 0.238 e. The van der Waals surface area contributed by atoms with Gasteiger partial charge in [-0.15, -0.1) is 0 Å². The van der Waals surface area contributed by atoms with Gasteiger partial charge in [-0.25, -0.2) is 4.39 Å². The van der Waals surface area contributed by atoms with Gasteiger partial charge in [0.25, 0.3) is 0 Å². The number of carbonyl (C=O) groups is 2. The van der Waals surface area contributed by atoms with Gasteiger partial charge < -0.3 is 20.3 Å². The van der Waals surface area contributed by atoms with Crippen molar-refractivity contribution in [1.29, 1.82) is 0 Å². The highest BCUT2D eigenvalue weighted by atomic mass is 35.5. The van der Waals surface area contributed by atoms with E-state index in [0.29, 0.717) is 18.9 Å². The molecule has 1 aliphatic rings. The number of likely N-dealkylation sites (N-methyl/N-ethyl adjacent to an activating group) is 1. The molecule has 1 fully saturated rings. The Morgan fingerprint density at radius 3 is 2.33 bits per heavy atom. The van der Waals surface area contributed by atoms with E-state index in [9.17, 15) is 14.0 Å². The average molecular weight is 435 g/mol. The van der Waals surface area contributed by atoms with Crippen molar-refractivity contribution < 1.29 is 18.7 Å². The van der Waals surface area contributed by atoms with E-state index in [1.807, 2.05) is 24.3 Å². The lowest BCUT2D eigenvalue weighted by molar-refractivity contribution is -0.119. The third-order valence-electron chi connectivity index (χ3n) is 4.56. The highest BCUT2D eigenvalue weighted by Gasteiger charge is 2.14. The molecule has 0 radical (unpaired) electrons. The van der Waals surface area contributed by atoms with Crippen molar-refractivity contribution in [2.45, 2.75) is 0 Å². The first-order valence-electron chi connectivity index (χ1n) is 9.57. The summed E-state index contributed by atoms with van der Waals surface area (Å²) >= 11 is 5.70. The van der Waals surface area contributed by atoms with Gasteiger partial charge in [-0.05, 0) is 49.5 Å². The van der Waals surface area contributed by atoms with Crippen molar-refractivity contribution in [1.82, 2.24) is 4.90 Å². The second kappa shape index (κ2) is 10.4. The number of rotatable bonds is 7. The zero-order chi connectivity index (χ0) is 21.5. The quantitative estimate of drug-likeness (QED) is 0.701. The van der Waals surface area contributed by atoms with Crippen LogP contribution in [0.5, 0.6) is 0 Å². The topological polar surface area (TPSA) is 73.9 Å². The number of hydrogen-bond acceptors (Lipinski definition) is 5. The Morgan fingerprint density at radius 2 is 1.70 bits per heavy atom. The SMILES string of the molecule is CN(CC(=O)Nc1ccc(N2CCOCC2)cc1)CC(=O)Nc1ccc(Cl)cc1F. The lowest BCUT2D eigenvalue weighted by atomic mass is 10.2. The summed E-state index contributed by atoms with van der Waals surface area (Å²) in [6, 6.07) is 11.6. The fraction of sp³-hybridized carbons (Fsp3) is 0.333. The van der Waals surface area contributed by atoms with Crippen LogP contribution in [0.1, 0.15) is 0 Å². The van der Waals surface area contributed by atoms with E-state index in [2.05, 4.69) is 15.5 Å². The molecular weight excluding hydrogens is 411 g/mol. The van der Waals surface area contributed by atoms with Gasteiger partial charge in [-0.3, -0.25) is 14.5 Å². The molecule has 9 heteroatoms. The van der Waals surface area contributed by atoms with Crippen LogP contribution in [0, 0.1) is 5.82 Å². The standard InChI is InChI=1S/C21H24ClFN4O3/c1-26(14-21(29)25-19-7-2-15(22)12-18(19)23)13-20(28)24-16-3-5-17(6-4-16)27-8-10-30-11-9-27/h2-7,12H,8-11,13-14H2,1H3,(H,24,28)(H,25,29). The second-order valence-electron chi connectivity index (χ2n) is 7.04. The fourth-order valence-corrected chi connectivity index (χ4v) is 3.26. The molecule has 7 nitrogen and oxygen atoms in total. The van der Waals surface area contributed by atoms with Gasteiger partial charge in [0.2, 0.25) is 11.8 Å². The highest BCUT2D eigenvalue weighted by Crippen LogP contribution is 2.20. The lowest BCUT2D eigenvalue weighted by Crippen LogP contribution is -2.36. The Morgan fingerprint density at radius 1 is 1.07 bits per heavy atom. The number of nitrogens with one attached hydrogen (secondary N) is 2. The first-order chi connectivity index (χ1) is 14.4. The molecule has 30 heavy (non-hydrogen) atoms. The monoisotopic (exact) mass is 434 g/mol. The summed E-state index contributed by atoms with van der Waals surface area (Å²) in [5.41, 5.74) is 1.81. The van der Waals surface area contributed by atoms with Crippen molar-refractivity contribution in [3.8, 4) is 0 Å². The number of halogens is 2. The minimum Gasteiger partial charge on any atom is -0.378 e. The third-order valence-corrected chi connectivity index (χ3v) is 4.79. The van der Waals surface area contributed by atoms with Gasteiger partial charge in [-0.1, -0.05) is 11.6 Å². The molecule has 160 valence electrons. The molecule has 0 aliphatic carbocycles. The van der Waals surface area contributed by atoms with Crippen molar-refractivity contribution in [2.75, 3.05) is 62.0 Å². The molecule has 0 atom stereocenters. The van der Waals surface area contributed by atoms with Gasteiger partial charge in [0.1, 0.15) is 5.82 Å². The van der Waals surface area contributed by atoms with Crippen LogP contribution in [0.4, 0.5) is 21.5 Å². The van der Waals surface area contributed by atoms with Crippen molar-refractivity contribution >= 4 is 40.5 Å². The molecule has 2 N–H and O–H groups in total. The molecule has 0 aromatic heterocycles. The maximum absolute atomic E-state index is 13.8. The first kappa shape index (κ1) is 22.0. The lowest BCUT2D eigenvalue weighted by Gasteiger charge is -2.28. The van der Waals surface area contributed by atoms with Crippen LogP contribution in [0.3, 0.4) is 0 Å². The summed E-state index contributed by atoms with van der Waals surface area (Å²) in [5, 5.41) is 5.53. The van der Waals surface area contributed by atoms with Gasteiger partial charge in [0.15, 0.2) is 0 Å². The Kier molecular flexibility index (Phi) is 7.62. The van der Waals surface area contributed by atoms with E-state index in [1.54, 1.807) is 11.9 Å². The molecule has 0 spiro atoms. The molecule has 2 amide bonds. The van der Waals surface area contributed by atoms with E-state index in [1.165, 1.54) is 12.1 Å². The number of ether oxygens (including phenoxy) is 1. The van der Waals surface area contributed by atoms with E-state index < -0.39 is 11.7 Å². The number of nitrogens with zero attached hydrogens (tertiary/aromatic N) is 2. The van der Waals surface area contributed by atoms with Crippen LogP contribution in [-0.4, -0.2) is 63.2 Å². The Bertz CT molecular complexity index is 888. The van der Waals surface area contributed by atoms with Gasteiger partial charge >= 0.3 is 0 Å². The second-order valence-corrected chi connectivity index (χ2v) is 7.48. The molecule has 3 rings (SSSR count). The minimum atomic E-state index is -0.614. The van der Waals surface area contributed by atoms with Crippen molar-refractivity contribution in [2.24, 2.45) is 0 Å². The summed E-state index contributed by atoms with van der Waals surface area (Å²) in [6.07, 6.45) is 0. The largest absolute Gasteiger partial charge is 0.378 e. The Labute approximate surface area is 179 Å². The van der Waals surface area contributed by atoms with E-state index in [0.717, 1.165) is 24.8 Å². The van der Waals surface area contributed by atoms with Crippen LogP contribution >= 0.6 is 11.6 Å². The van der Waals surface area contributed by atoms with E-state index in [4.69, 9.17) is 16.3 Å². The van der Waals surface area contributed by atoms with Crippen LogP contribution in [0.2, 0.25) is 5.02 Å². The molecule has 0 unspecified atom stereocenters. The zero-order valence-electron chi connectivity index (χ0n) is 16.7. The summed E-state index contributed by atoms with van der Waals surface area (Å²) in [5.74, 6) is -1.29. The van der Waals surface area contributed by atoms with Gasteiger partial charge in [0.05, 0.1) is 32.0 Å². The average Bonchev–Trinajstić information content (AvgIpc) is 2.71. The molecule has 0 bridgehead atoms. The molecule has 1 saturated heterocycles. The minimum absolute atomic E-state index is 0.0156. The van der Waals surface area contributed by atoms with Crippen molar-refractivity contribution in [3.05, 3.63) is 53.3 Å². The summed E-state index contributed by atoms with van der Waals surface area (Å²) in [6.45, 7) is 3.07. The number of hydrogen-bond donors (Lipinski definition) is 2. The summed E-state index contributed by atoms with van der Waals surface area (Å²) in [7, 11) is 1.64. The maximum atomic E-state index is 13.8. The van der Waals surface area contributed by atoms with E-state index in [-0.39, 0.29) is 29.7 Å². The maximum Gasteiger partial charge on any atom is 0.238 e. The number of anilines is 3. The van der Waals surface area contributed by atoms with Crippen LogP contribution in [0.25, 0.3) is 0 Å². The summed E-state index contributed by atoms with van der Waals surface area (Å²) < 4.78 is 19.1. The number of benzene rings is 2.